The van der Waals surface area contributed by atoms with Gasteiger partial charge >= 0.3 is 0 Å². The van der Waals surface area contributed by atoms with Crippen LogP contribution in [0, 0.1) is 5.41 Å². The third-order valence-corrected chi connectivity index (χ3v) is 3.37. The zero-order valence-corrected chi connectivity index (χ0v) is 10.4. The maximum Gasteiger partial charge on any atom is 0.0609 e. The number of rotatable bonds is 5. The fourth-order valence-corrected chi connectivity index (χ4v) is 1.13. The minimum absolute atomic E-state index is 0.139. The van der Waals surface area contributed by atoms with E-state index in [1.165, 1.54) is 0 Å². The van der Waals surface area contributed by atoms with Crippen LogP contribution in [0.5, 0.6) is 0 Å². The van der Waals surface area contributed by atoms with Crippen molar-refractivity contribution in [2.75, 3.05) is 26.0 Å². The summed E-state index contributed by atoms with van der Waals surface area (Å²) in [6.45, 7) is 9.59. The number of aliphatic hydroxyl groups excluding tert-OH is 1. The first-order chi connectivity index (χ1) is 5.75. The molecule has 0 aromatic heterocycles. The van der Waals surface area contributed by atoms with Crippen LogP contribution in [0.1, 0.15) is 27.7 Å². The molecule has 0 spiro atoms. The van der Waals surface area contributed by atoms with Gasteiger partial charge in [0.1, 0.15) is 0 Å². The molecular formula is C10H23NOS. The normalized spacial score (nSPS) is 13.8. The van der Waals surface area contributed by atoms with E-state index in [-0.39, 0.29) is 17.6 Å². The number of hydrogen-bond donors (Lipinski definition) is 2. The lowest BCUT2D eigenvalue weighted by Crippen LogP contribution is -2.48. The van der Waals surface area contributed by atoms with Crippen molar-refractivity contribution >= 4 is 12.6 Å². The first-order valence-corrected chi connectivity index (χ1v) is 5.31. The highest BCUT2D eigenvalue weighted by Gasteiger charge is 2.27. The summed E-state index contributed by atoms with van der Waals surface area (Å²) in [5, 5.41) is 9.17. The standard InChI is InChI=1S/C10H23NOS/c1-9(2,8-13)6-11(5)10(3,4)7-12/h12-13H,6-8H2,1-5H3. The van der Waals surface area contributed by atoms with Gasteiger partial charge in [0, 0.05) is 12.1 Å². The van der Waals surface area contributed by atoms with Crippen LogP contribution in [0.2, 0.25) is 0 Å². The van der Waals surface area contributed by atoms with Crippen molar-refractivity contribution in [2.45, 2.75) is 33.2 Å². The van der Waals surface area contributed by atoms with Crippen LogP contribution in [0.3, 0.4) is 0 Å². The van der Waals surface area contributed by atoms with Gasteiger partial charge in [-0.05, 0) is 32.1 Å². The third-order valence-electron chi connectivity index (χ3n) is 2.51. The molecule has 80 valence electrons. The Morgan fingerprint density at radius 1 is 1.23 bits per heavy atom. The zero-order chi connectivity index (χ0) is 10.7. The Morgan fingerprint density at radius 2 is 1.69 bits per heavy atom. The van der Waals surface area contributed by atoms with Crippen LogP contribution < -0.4 is 0 Å². The SMILES string of the molecule is CN(CC(C)(C)CS)C(C)(C)CO. The largest absolute Gasteiger partial charge is 0.394 e. The number of likely N-dealkylation sites (N-methyl/N-ethyl adjacent to an activating group) is 1. The second-order valence-corrected chi connectivity index (χ2v) is 5.47. The van der Waals surface area contributed by atoms with E-state index in [2.05, 4.69) is 31.4 Å². The van der Waals surface area contributed by atoms with E-state index in [4.69, 9.17) is 0 Å². The predicted molar refractivity (Wildman–Crippen MR) is 61.4 cm³/mol. The highest BCUT2D eigenvalue weighted by Crippen LogP contribution is 2.22. The molecule has 0 aromatic rings. The molecule has 1 N–H and O–H groups in total. The van der Waals surface area contributed by atoms with Crippen molar-refractivity contribution in [1.29, 1.82) is 0 Å². The average Bonchev–Trinajstić information content (AvgIpc) is 2.04. The van der Waals surface area contributed by atoms with Crippen molar-refractivity contribution < 1.29 is 5.11 Å². The summed E-state index contributed by atoms with van der Waals surface area (Å²) in [6.07, 6.45) is 0. The number of nitrogens with zero attached hydrogens (tertiary/aromatic N) is 1. The van der Waals surface area contributed by atoms with E-state index >= 15 is 0 Å². The minimum Gasteiger partial charge on any atom is -0.394 e. The van der Waals surface area contributed by atoms with E-state index < -0.39 is 0 Å². The van der Waals surface area contributed by atoms with Gasteiger partial charge in [0.25, 0.3) is 0 Å². The van der Waals surface area contributed by atoms with Crippen molar-refractivity contribution in [3.8, 4) is 0 Å². The molecule has 0 bridgehead atoms. The fraction of sp³-hybridized carbons (Fsp3) is 1.00. The Balaban J connectivity index is 4.22. The van der Waals surface area contributed by atoms with Crippen molar-refractivity contribution in [2.24, 2.45) is 5.41 Å². The average molecular weight is 205 g/mol. The summed E-state index contributed by atoms with van der Waals surface area (Å²) in [6, 6.07) is 0. The van der Waals surface area contributed by atoms with Crippen molar-refractivity contribution in [1.82, 2.24) is 4.90 Å². The van der Waals surface area contributed by atoms with E-state index in [1.54, 1.807) is 0 Å². The van der Waals surface area contributed by atoms with E-state index in [0.717, 1.165) is 12.3 Å². The third kappa shape index (κ3) is 4.34. The Kier molecular flexibility index (Phi) is 4.77. The lowest BCUT2D eigenvalue weighted by atomic mass is 9.93. The topological polar surface area (TPSA) is 23.5 Å². The second kappa shape index (κ2) is 4.67. The summed E-state index contributed by atoms with van der Waals surface area (Å²) in [7, 11) is 2.04. The lowest BCUT2D eigenvalue weighted by Gasteiger charge is -2.39. The Labute approximate surface area is 87.7 Å². The monoisotopic (exact) mass is 205 g/mol. The zero-order valence-electron chi connectivity index (χ0n) is 9.46. The Bertz CT molecular complexity index is 157. The van der Waals surface area contributed by atoms with Crippen molar-refractivity contribution in [3.63, 3.8) is 0 Å². The summed E-state index contributed by atoms with van der Waals surface area (Å²) >= 11 is 4.31. The maximum atomic E-state index is 9.17. The smallest absolute Gasteiger partial charge is 0.0609 e. The van der Waals surface area contributed by atoms with Gasteiger partial charge in [0.05, 0.1) is 6.61 Å². The van der Waals surface area contributed by atoms with E-state index in [1.807, 2.05) is 20.9 Å². The number of thiol groups is 1. The highest BCUT2D eigenvalue weighted by molar-refractivity contribution is 7.80. The Morgan fingerprint density at radius 3 is 2.00 bits per heavy atom. The van der Waals surface area contributed by atoms with Crippen molar-refractivity contribution in [3.05, 3.63) is 0 Å². The minimum atomic E-state index is -0.139. The molecule has 0 saturated heterocycles. The molecule has 13 heavy (non-hydrogen) atoms. The molecule has 0 rings (SSSR count). The molecule has 3 heteroatoms. The van der Waals surface area contributed by atoms with E-state index in [9.17, 15) is 5.11 Å². The number of aliphatic hydroxyl groups is 1. The lowest BCUT2D eigenvalue weighted by molar-refractivity contribution is 0.0552. The fourth-order valence-electron chi connectivity index (χ4n) is 1.03. The molecule has 0 fully saturated rings. The molecule has 0 heterocycles. The van der Waals surface area contributed by atoms with Gasteiger partial charge in [-0.2, -0.15) is 12.6 Å². The van der Waals surface area contributed by atoms with Gasteiger partial charge in [-0.1, -0.05) is 13.8 Å². The number of hydrogen-bond acceptors (Lipinski definition) is 3. The first-order valence-electron chi connectivity index (χ1n) is 4.68. The maximum absolute atomic E-state index is 9.17. The molecule has 0 aliphatic carbocycles. The molecule has 0 aliphatic rings. The molecule has 0 unspecified atom stereocenters. The van der Waals surface area contributed by atoms with Gasteiger partial charge in [0.15, 0.2) is 0 Å². The molecule has 0 radical (unpaired) electrons. The summed E-state index contributed by atoms with van der Waals surface area (Å²) in [5.41, 5.74) is 0.0600. The molecule has 0 aliphatic heterocycles. The molecule has 0 aromatic carbocycles. The van der Waals surface area contributed by atoms with Crippen LogP contribution >= 0.6 is 12.6 Å². The molecule has 0 amide bonds. The highest BCUT2D eigenvalue weighted by atomic mass is 32.1. The summed E-state index contributed by atoms with van der Waals surface area (Å²) in [4.78, 5) is 2.18. The van der Waals surface area contributed by atoms with Crippen LogP contribution in [0.25, 0.3) is 0 Å². The molecule has 2 nitrogen and oxygen atoms in total. The molecular weight excluding hydrogens is 182 g/mol. The van der Waals surface area contributed by atoms with Gasteiger partial charge in [-0.15, -0.1) is 0 Å². The van der Waals surface area contributed by atoms with Gasteiger partial charge < -0.3 is 5.11 Å². The summed E-state index contributed by atoms with van der Waals surface area (Å²) in [5.74, 6) is 0.860. The van der Waals surface area contributed by atoms with Gasteiger partial charge in [-0.3, -0.25) is 4.90 Å². The van der Waals surface area contributed by atoms with Gasteiger partial charge in [0.2, 0.25) is 0 Å². The van der Waals surface area contributed by atoms with Crippen LogP contribution in [-0.4, -0.2) is 41.5 Å². The second-order valence-electron chi connectivity index (χ2n) is 5.15. The molecule has 0 atom stereocenters. The quantitative estimate of drug-likeness (QED) is 0.667. The van der Waals surface area contributed by atoms with Crippen LogP contribution in [0.15, 0.2) is 0 Å². The van der Waals surface area contributed by atoms with E-state index in [0.29, 0.717) is 0 Å². The molecule has 0 saturated carbocycles. The van der Waals surface area contributed by atoms with Crippen LogP contribution in [0.4, 0.5) is 0 Å². The van der Waals surface area contributed by atoms with Gasteiger partial charge in [-0.25, -0.2) is 0 Å². The first kappa shape index (κ1) is 13.3. The Hall–Kier alpha value is 0.270. The predicted octanol–water partition coefficient (Wildman–Crippen LogP) is 1.65. The van der Waals surface area contributed by atoms with Crippen LogP contribution in [-0.2, 0) is 0 Å². The summed E-state index contributed by atoms with van der Waals surface area (Å²) < 4.78 is 0.